The highest BCUT2D eigenvalue weighted by molar-refractivity contribution is 9.10. The lowest BCUT2D eigenvalue weighted by Crippen LogP contribution is -2.32. The van der Waals surface area contributed by atoms with Gasteiger partial charge >= 0.3 is 0 Å². The van der Waals surface area contributed by atoms with Crippen LogP contribution in [0, 0.1) is 5.92 Å². The minimum absolute atomic E-state index is 0.377. The molecule has 0 aliphatic rings. The normalized spacial score (nSPS) is 12.8. The molecule has 4 nitrogen and oxygen atoms in total. The van der Waals surface area contributed by atoms with Gasteiger partial charge in [-0.05, 0) is 31.0 Å². The Morgan fingerprint density at radius 1 is 1.29 bits per heavy atom. The lowest BCUT2D eigenvalue weighted by Gasteiger charge is -2.17. The van der Waals surface area contributed by atoms with Gasteiger partial charge in [0.1, 0.15) is 0 Å². The van der Waals surface area contributed by atoms with Crippen molar-refractivity contribution in [3.05, 3.63) is 34.6 Å². The molecule has 1 N–H and O–H groups in total. The molecule has 2 aromatic rings. The highest BCUT2D eigenvalue weighted by Crippen LogP contribution is 2.25. The third kappa shape index (κ3) is 4.64. The average molecular weight is 352 g/mol. The van der Waals surface area contributed by atoms with E-state index >= 15 is 0 Å². The van der Waals surface area contributed by atoms with Gasteiger partial charge in [0, 0.05) is 22.5 Å². The van der Waals surface area contributed by atoms with Crippen molar-refractivity contribution in [2.45, 2.75) is 39.7 Å². The van der Waals surface area contributed by atoms with Gasteiger partial charge in [-0.3, -0.25) is 0 Å². The minimum atomic E-state index is 0.377. The summed E-state index contributed by atoms with van der Waals surface area (Å²) in [4.78, 5) is 4.52. The third-order valence-corrected chi connectivity index (χ3v) is 3.94. The van der Waals surface area contributed by atoms with Crippen molar-refractivity contribution < 1.29 is 4.52 Å². The Morgan fingerprint density at radius 3 is 2.71 bits per heavy atom. The van der Waals surface area contributed by atoms with Gasteiger partial charge in [-0.25, -0.2) is 0 Å². The molecule has 0 radical (unpaired) electrons. The van der Waals surface area contributed by atoms with Crippen molar-refractivity contribution in [3.63, 3.8) is 0 Å². The molecule has 1 atom stereocenters. The zero-order valence-electron chi connectivity index (χ0n) is 12.8. The smallest absolute Gasteiger partial charge is 0.228 e. The van der Waals surface area contributed by atoms with Crippen LogP contribution in [0.1, 0.15) is 33.1 Å². The van der Waals surface area contributed by atoms with E-state index in [0.717, 1.165) is 29.4 Å². The summed E-state index contributed by atoms with van der Waals surface area (Å²) in [6.07, 6.45) is 1.87. The van der Waals surface area contributed by atoms with E-state index in [4.69, 9.17) is 4.52 Å². The van der Waals surface area contributed by atoms with Crippen LogP contribution in [0.2, 0.25) is 0 Å². The summed E-state index contributed by atoms with van der Waals surface area (Å²) in [6.45, 7) is 7.52. The summed E-state index contributed by atoms with van der Waals surface area (Å²) in [5.41, 5.74) is 0.955. The van der Waals surface area contributed by atoms with Crippen LogP contribution >= 0.6 is 15.9 Å². The molecule has 2 rings (SSSR count). The quantitative estimate of drug-likeness (QED) is 0.816. The zero-order valence-corrected chi connectivity index (χ0v) is 14.4. The van der Waals surface area contributed by atoms with Gasteiger partial charge in [0.15, 0.2) is 0 Å². The molecule has 0 spiro atoms. The number of nitrogens with one attached hydrogen (secondary N) is 1. The average Bonchev–Trinajstić information content (AvgIpc) is 2.87. The number of benzene rings is 1. The van der Waals surface area contributed by atoms with E-state index < -0.39 is 0 Å². The van der Waals surface area contributed by atoms with Gasteiger partial charge in [0.2, 0.25) is 11.7 Å². The maximum Gasteiger partial charge on any atom is 0.228 e. The van der Waals surface area contributed by atoms with E-state index in [1.807, 2.05) is 24.3 Å². The second-order valence-corrected chi connectivity index (χ2v) is 6.43. The van der Waals surface area contributed by atoms with Crippen LogP contribution in [-0.2, 0) is 6.42 Å². The van der Waals surface area contributed by atoms with Gasteiger partial charge in [-0.15, -0.1) is 0 Å². The van der Waals surface area contributed by atoms with Crippen molar-refractivity contribution in [1.29, 1.82) is 0 Å². The summed E-state index contributed by atoms with van der Waals surface area (Å²) in [5, 5.41) is 7.58. The molecule has 0 aliphatic carbocycles. The van der Waals surface area contributed by atoms with E-state index in [1.165, 1.54) is 0 Å². The van der Waals surface area contributed by atoms with E-state index in [1.54, 1.807) is 0 Å². The highest BCUT2D eigenvalue weighted by Gasteiger charge is 2.16. The Kier molecular flexibility index (Phi) is 5.94. The molecular formula is C16H22BrN3O. The highest BCUT2D eigenvalue weighted by atomic mass is 79.9. The Labute approximate surface area is 134 Å². The first-order chi connectivity index (χ1) is 10.1. The number of aromatic nitrogens is 2. The molecule has 1 aromatic heterocycles. The molecule has 1 unspecified atom stereocenters. The largest absolute Gasteiger partial charge is 0.339 e. The first kappa shape index (κ1) is 16.2. The lowest BCUT2D eigenvalue weighted by molar-refractivity contribution is 0.340. The monoisotopic (exact) mass is 351 g/mol. The second kappa shape index (κ2) is 7.71. The molecule has 114 valence electrons. The number of hydrogen-bond acceptors (Lipinski definition) is 4. The van der Waals surface area contributed by atoms with Gasteiger partial charge in [0.05, 0.1) is 0 Å². The van der Waals surface area contributed by atoms with Crippen molar-refractivity contribution in [1.82, 2.24) is 15.5 Å². The van der Waals surface area contributed by atoms with E-state index in [2.05, 4.69) is 52.2 Å². The second-order valence-electron chi connectivity index (χ2n) is 5.58. The summed E-state index contributed by atoms with van der Waals surface area (Å²) < 4.78 is 6.39. The molecule has 21 heavy (non-hydrogen) atoms. The number of rotatable bonds is 7. The SMILES string of the molecule is CCNC(Cc1nc(-c2ccccc2Br)no1)CC(C)C. The van der Waals surface area contributed by atoms with Gasteiger partial charge in [-0.2, -0.15) is 4.98 Å². The van der Waals surface area contributed by atoms with Gasteiger partial charge in [0.25, 0.3) is 0 Å². The molecule has 0 aliphatic heterocycles. The molecule has 0 fully saturated rings. The summed E-state index contributed by atoms with van der Waals surface area (Å²) in [6, 6.07) is 8.28. The van der Waals surface area contributed by atoms with Crippen molar-refractivity contribution in [2.24, 2.45) is 5.92 Å². The van der Waals surface area contributed by atoms with E-state index in [0.29, 0.717) is 23.7 Å². The fourth-order valence-electron chi connectivity index (χ4n) is 2.40. The topological polar surface area (TPSA) is 51.0 Å². The third-order valence-electron chi connectivity index (χ3n) is 3.25. The zero-order chi connectivity index (χ0) is 15.2. The Hall–Kier alpha value is -1.20. The standard InChI is InChI=1S/C16H22BrN3O/c1-4-18-12(9-11(2)3)10-15-19-16(20-21-15)13-7-5-6-8-14(13)17/h5-8,11-12,18H,4,9-10H2,1-3H3. The van der Waals surface area contributed by atoms with Crippen LogP contribution in [0.4, 0.5) is 0 Å². The summed E-state index contributed by atoms with van der Waals surface area (Å²) >= 11 is 3.52. The maximum atomic E-state index is 5.41. The minimum Gasteiger partial charge on any atom is -0.339 e. The predicted octanol–water partition coefficient (Wildman–Crippen LogP) is 4.07. The molecular weight excluding hydrogens is 330 g/mol. The van der Waals surface area contributed by atoms with Crippen molar-refractivity contribution >= 4 is 15.9 Å². The van der Waals surface area contributed by atoms with Crippen LogP contribution in [0.15, 0.2) is 33.3 Å². The fraction of sp³-hybridized carbons (Fsp3) is 0.500. The number of nitrogens with zero attached hydrogens (tertiary/aromatic N) is 2. The van der Waals surface area contributed by atoms with E-state index in [9.17, 15) is 0 Å². The van der Waals surface area contributed by atoms with Crippen LogP contribution in [0.25, 0.3) is 11.4 Å². The van der Waals surface area contributed by atoms with Crippen LogP contribution in [0.5, 0.6) is 0 Å². The molecule has 0 bridgehead atoms. The number of halogens is 1. The van der Waals surface area contributed by atoms with Gasteiger partial charge < -0.3 is 9.84 Å². The van der Waals surface area contributed by atoms with E-state index in [-0.39, 0.29) is 0 Å². The number of likely N-dealkylation sites (N-methyl/N-ethyl adjacent to an activating group) is 1. The van der Waals surface area contributed by atoms with Gasteiger partial charge in [-0.1, -0.05) is 54.0 Å². The van der Waals surface area contributed by atoms with Crippen molar-refractivity contribution in [2.75, 3.05) is 6.54 Å². The summed E-state index contributed by atoms with van der Waals surface area (Å²) in [5.74, 6) is 1.96. The van der Waals surface area contributed by atoms with Crippen LogP contribution in [0.3, 0.4) is 0 Å². The van der Waals surface area contributed by atoms with Crippen molar-refractivity contribution in [3.8, 4) is 11.4 Å². The Balaban J connectivity index is 2.10. The molecule has 1 heterocycles. The number of hydrogen-bond donors (Lipinski definition) is 1. The molecule has 0 amide bonds. The molecule has 5 heteroatoms. The first-order valence-corrected chi connectivity index (χ1v) is 8.20. The molecule has 0 saturated heterocycles. The predicted molar refractivity (Wildman–Crippen MR) is 88.1 cm³/mol. The molecule has 0 saturated carbocycles. The lowest BCUT2D eigenvalue weighted by atomic mass is 10.0. The summed E-state index contributed by atoms with van der Waals surface area (Å²) in [7, 11) is 0. The Bertz CT molecular complexity index is 568. The van der Waals surface area contributed by atoms with Crippen LogP contribution in [-0.4, -0.2) is 22.7 Å². The maximum absolute atomic E-state index is 5.41. The Morgan fingerprint density at radius 2 is 2.05 bits per heavy atom. The fourth-order valence-corrected chi connectivity index (χ4v) is 2.86. The van der Waals surface area contributed by atoms with Crippen LogP contribution < -0.4 is 5.32 Å². The first-order valence-electron chi connectivity index (χ1n) is 7.41. The molecule has 1 aromatic carbocycles.